The first-order chi connectivity index (χ1) is 14.9. The predicted octanol–water partition coefficient (Wildman–Crippen LogP) is 1.96. The Hall–Kier alpha value is -3.39. The molecule has 4 rings (SSSR count). The number of hydrogen-bond acceptors (Lipinski definition) is 5. The molecule has 0 radical (unpaired) electrons. The van der Waals surface area contributed by atoms with Gasteiger partial charge in [0.05, 0.1) is 21.6 Å². The van der Waals surface area contributed by atoms with Gasteiger partial charge in [-0.2, -0.15) is 0 Å². The number of aryl methyl sites for hydroxylation is 1. The lowest BCUT2D eigenvalue weighted by molar-refractivity contribution is -0.131. The smallest absolute Gasteiger partial charge is 0.258 e. The molecule has 0 spiro atoms. The Morgan fingerprint density at radius 3 is 2.55 bits per heavy atom. The number of amides is 2. The molecule has 1 aromatic heterocycles. The number of hydrogen-bond donors (Lipinski definition) is 2. The fourth-order valence-corrected chi connectivity index (χ4v) is 4.05. The molecule has 1 saturated heterocycles. The van der Waals surface area contributed by atoms with Gasteiger partial charge in [0.2, 0.25) is 11.8 Å². The Labute approximate surface area is 183 Å². The number of para-hydroxylation sites is 1. The fourth-order valence-electron chi connectivity index (χ4n) is 3.75. The van der Waals surface area contributed by atoms with E-state index in [1.165, 1.54) is 0 Å². The van der Waals surface area contributed by atoms with E-state index in [4.69, 9.17) is 17.3 Å². The van der Waals surface area contributed by atoms with E-state index < -0.39 is 5.91 Å². The van der Waals surface area contributed by atoms with Crippen molar-refractivity contribution in [2.75, 3.05) is 31.1 Å². The van der Waals surface area contributed by atoms with E-state index in [0.717, 1.165) is 5.69 Å². The molecule has 9 heteroatoms. The topological polar surface area (TPSA) is 112 Å². The molecule has 1 aliphatic heterocycles. The van der Waals surface area contributed by atoms with Crippen LogP contribution in [0.1, 0.15) is 22.6 Å². The van der Waals surface area contributed by atoms with Gasteiger partial charge in [0, 0.05) is 44.6 Å². The summed E-state index contributed by atoms with van der Waals surface area (Å²) in [5, 5.41) is 0.999. The third-order valence-corrected chi connectivity index (χ3v) is 5.75. The maximum atomic E-state index is 12.7. The summed E-state index contributed by atoms with van der Waals surface area (Å²) in [6.07, 6.45) is 0.648. The molecule has 2 aromatic carbocycles. The minimum absolute atomic E-state index is 0.0191. The number of H-pyrrole nitrogens is 1. The van der Waals surface area contributed by atoms with Gasteiger partial charge in [-0.05, 0) is 30.3 Å². The van der Waals surface area contributed by atoms with Gasteiger partial charge in [-0.1, -0.05) is 23.7 Å². The highest BCUT2D eigenvalue weighted by Gasteiger charge is 2.23. The van der Waals surface area contributed by atoms with Crippen LogP contribution in [-0.2, 0) is 11.2 Å². The van der Waals surface area contributed by atoms with Crippen LogP contribution >= 0.6 is 11.6 Å². The van der Waals surface area contributed by atoms with E-state index in [1.807, 2.05) is 6.07 Å². The van der Waals surface area contributed by atoms with Gasteiger partial charge >= 0.3 is 0 Å². The monoisotopic (exact) mass is 439 g/mol. The number of anilines is 1. The first-order valence-electron chi connectivity index (χ1n) is 10.0. The van der Waals surface area contributed by atoms with Gasteiger partial charge in [-0.15, -0.1) is 0 Å². The molecule has 0 bridgehead atoms. The van der Waals surface area contributed by atoms with Crippen LogP contribution < -0.4 is 16.2 Å². The molecule has 0 saturated carbocycles. The number of carbonyl (C=O) groups is 2. The minimum Gasteiger partial charge on any atom is -0.367 e. The number of fused-ring (bicyclic) bond motifs is 1. The first-order valence-corrected chi connectivity index (χ1v) is 10.4. The lowest BCUT2D eigenvalue weighted by Gasteiger charge is -2.36. The molecule has 8 nitrogen and oxygen atoms in total. The summed E-state index contributed by atoms with van der Waals surface area (Å²) in [5.74, 6) is 0.00811. The summed E-state index contributed by atoms with van der Waals surface area (Å²) in [6.45, 7) is 2.39. The van der Waals surface area contributed by atoms with Gasteiger partial charge in [-0.3, -0.25) is 14.4 Å². The zero-order chi connectivity index (χ0) is 22.0. The Bertz CT molecular complexity index is 1200. The highest BCUT2D eigenvalue weighted by molar-refractivity contribution is 6.33. The van der Waals surface area contributed by atoms with Gasteiger partial charge in [0.1, 0.15) is 5.82 Å². The van der Waals surface area contributed by atoms with Crippen LogP contribution in [0.3, 0.4) is 0 Å². The number of rotatable bonds is 5. The number of nitrogens with zero attached hydrogens (tertiary/aromatic N) is 3. The van der Waals surface area contributed by atoms with Crippen molar-refractivity contribution in [3.63, 3.8) is 0 Å². The number of nitrogens with one attached hydrogen (secondary N) is 1. The largest absolute Gasteiger partial charge is 0.367 e. The normalized spacial score (nSPS) is 14.1. The molecule has 3 aromatic rings. The molecule has 0 atom stereocenters. The average molecular weight is 440 g/mol. The molecule has 0 aliphatic carbocycles. The summed E-state index contributed by atoms with van der Waals surface area (Å²) in [4.78, 5) is 47.2. The van der Waals surface area contributed by atoms with Crippen LogP contribution in [0, 0.1) is 0 Å². The fraction of sp³-hybridized carbons (Fsp3) is 0.273. The lowest BCUT2D eigenvalue weighted by atomic mass is 10.1. The molecule has 0 unspecified atom stereocenters. The molecule has 3 N–H and O–H groups in total. The predicted molar refractivity (Wildman–Crippen MR) is 119 cm³/mol. The molecule has 1 fully saturated rings. The van der Waals surface area contributed by atoms with Gasteiger partial charge in [-0.25, -0.2) is 4.98 Å². The Balaban J connectivity index is 1.35. The second-order valence-electron chi connectivity index (χ2n) is 7.43. The van der Waals surface area contributed by atoms with Crippen molar-refractivity contribution in [3.05, 3.63) is 69.2 Å². The highest BCUT2D eigenvalue weighted by Crippen LogP contribution is 2.28. The Morgan fingerprint density at radius 1 is 1.10 bits per heavy atom. The molecule has 1 aliphatic rings. The zero-order valence-corrected chi connectivity index (χ0v) is 17.6. The number of piperazine rings is 1. The van der Waals surface area contributed by atoms with Crippen LogP contribution in [0.2, 0.25) is 5.02 Å². The summed E-state index contributed by atoms with van der Waals surface area (Å²) < 4.78 is 0. The molecule has 160 valence electrons. The maximum absolute atomic E-state index is 12.7. The standard InChI is InChI=1S/C22H22ClN5O3/c23-16-13-14(21(24)30)5-6-18(16)27-9-11-28(12-10-27)20(29)8-7-19-25-17-4-2-1-3-15(17)22(31)26-19/h1-6,13H,7-12H2,(H2,24,30)(H,25,26,31). The van der Waals surface area contributed by atoms with Crippen molar-refractivity contribution in [3.8, 4) is 0 Å². The van der Waals surface area contributed by atoms with Gasteiger partial charge in [0.15, 0.2) is 0 Å². The van der Waals surface area contributed by atoms with Crippen molar-refractivity contribution < 1.29 is 9.59 Å². The van der Waals surface area contributed by atoms with E-state index in [2.05, 4.69) is 14.9 Å². The number of aromatic nitrogens is 2. The molecule has 2 amide bonds. The average Bonchev–Trinajstić information content (AvgIpc) is 2.77. The van der Waals surface area contributed by atoms with Gasteiger partial charge in [0.25, 0.3) is 5.56 Å². The van der Waals surface area contributed by atoms with Crippen molar-refractivity contribution in [2.45, 2.75) is 12.8 Å². The second kappa shape index (κ2) is 8.77. The number of nitrogens with two attached hydrogens (primary N) is 1. The number of aromatic amines is 1. The first kappa shape index (κ1) is 20.9. The summed E-state index contributed by atoms with van der Waals surface area (Å²) in [5.41, 5.74) is 6.90. The van der Waals surface area contributed by atoms with E-state index in [1.54, 1.807) is 41.3 Å². The third-order valence-electron chi connectivity index (χ3n) is 5.44. The van der Waals surface area contributed by atoms with Crippen LogP contribution in [0.5, 0.6) is 0 Å². The summed E-state index contributed by atoms with van der Waals surface area (Å²) >= 11 is 6.31. The minimum atomic E-state index is -0.522. The van der Waals surface area contributed by atoms with Crippen LogP contribution in [0.25, 0.3) is 10.9 Å². The van der Waals surface area contributed by atoms with Crippen LogP contribution in [0.15, 0.2) is 47.3 Å². The van der Waals surface area contributed by atoms with Crippen molar-refractivity contribution in [2.24, 2.45) is 5.73 Å². The molecule has 2 heterocycles. The SMILES string of the molecule is NC(=O)c1ccc(N2CCN(C(=O)CCc3nc4ccccc4c(=O)[nH]3)CC2)c(Cl)c1. The molecular weight excluding hydrogens is 418 g/mol. The van der Waals surface area contributed by atoms with E-state index in [-0.39, 0.29) is 17.9 Å². The second-order valence-corrected chi connectivity index (χ2v) is 7.84. The van der Waals surface area contributed by atoms with Crippen molar-refractivity contribution in [1.29, 1.82) is 0 Å². The maximum Gasteiger partial charge on any atom is 0.258 e. The van der Waals surface area contributed by atoms with E-state index >= 15 is 0 Å². The number of halogens is 1. The molecule has 31 heavy (non-hydrogen) atoms. The number of carbonyl (C=O) groups excluding carboxylic acids is 2. The molecular formula is C22H22ClN5O3. The third kappa shape index (κ3) is 4.54. The Morgan fingerprint density at radius 2 is 1.84 bits per heavy atom. The van der Waals surface area contributed by atoms with E-state index in [9.17, 15) is 14.4 Å². The van der Waals surface area contributed by atoms with E-state index in [0.29, 0.717) is 59.9 Å². The lowest BCUT2D eigenvalue weighted by Crippen LogP contribution is -2.49. The highest BCUT2D eigenvalue weighted by atomic mass is 35.5. The van der Waals surface area contributed by atoms with Crippen LogP contribution in [0.4, 0.5) is 5.69 Å². The zero-order valence-electron chi connectivity index (χ0n) is 16.8. The van der Waals surface area contributed by atoms with Crippen LogP contribution in [-0.4, -0.2) is 52.9 Å². The quantitative estimate of drug-likeness (QED) is 0.631. The Kier molecular flexibility index (Phi) is 5.90. The van der Waals surface area contributed by atoms with Gasteiger partial charge < -0.3 is 20.5 Å². The summed E-state index contributed by atoms with van der Waals surface area (Å²) in [7, 11) is 0. The number of primary amides is 1. The van der Waals surface area contributed by atoms with Crippen molar-refractivity contribution >= 4 is 40.0 Å². The summed E-state index contributed by atoms with van der Waals surface area (Å²) in [6, 6.07) is 12.1. The number of benzene rings is 2. The van der Waals surface area contributed by atoms with Crippen molar-refractivity contribution in [1.82, 2.24) is 14.9 Å².